The molecule has 0 spiro atoms. The second kappa shape index (κ2) is 8.57. The second-order valence-corrected chi connectivity index (χ2v) is 8.24. The molecule has 2 aromatic carbocycles. The normalized spacial score (nSPS) is 15.3. The molecule has 1 saturated heterocycles. The molecule has 0 aromatic heterocycles. The fourth-order valence-corrected chi connectivity index (χ4v) is 3.80. The summed E-state index contributed by atoms with van der Waals surface area (Å²) in [4.78, 5) is 16.1. The quantitative estimate of drug-likeness (QED) is 0.790. The van der Waals surface area contributed by atoms with Crippen molar-refractivity contribution in [3.63, 3.8) is 0 Å². The lowest BCUT2D eigenvalue weighted by atomic mass is 10.3. The van der Waals surface area contributed by atoms with Crippen LogP contribution < -0.4 is 9.46 Å². The molecule has 1 heterocycles. The fourth-order valence-electron chi connectivity index (χ4n) is 2.74. The molecule has 9 heteroatoms. The Balaban J connectivity index is 1.56. The van der Waals surface area contributed by atoms with E-state index in [0.29, 0.717) is 18.8 Å². The van der Waals surface area contributed by atoms with Crippen molar-refractivity contribution in [2.75, 3.05) is 44.6 Å². The number of anilines is 1. The van der Waals surface area contributed by atoms with Crippen LogP contribution in [0.4, 0.5) is 10.1 Å². The van der Waals surface area contributed by atoms with Gasteiger partial charge in [0, 0.05) is 31.9 Å². The van der Waals surface area contributed by atoms with Crippen molar-refractivity contribution in [2.24, 2.45) is 0 Å². The molecule has 1 amide bonds. The zero-order valence-corrected chi connectivity index (χ0v) is 16.3. The number of sulfonamides is 1. The number of hydrogen-bond acceptors (Lipinski definition) is 5. The zero-order valence-electron chi connectivity index (χ0n) is 15.5. The van der Waals surface area contributed by atoms with Crippen molar-refractivity contribution in [1.29, 1.82) is 0 Å². The van der Waals surface area contributed by atoms with Crippen LogP contribution in [-0.4, -0.2) is 64.0 Å². The van der Waals surface area contributed by atoms with Gasteiger partial charge in [-0.3, -0.25) is 9.52 Å². The number of amides is 1. The van der Waals surface area contributed by atoms with Crippen LogP contribution in [0.2, 0.25) is 0 Å². The molecule has 28 heavy (non-hydrogen) atoms. The van der Waals surface area contributed by atoms with E-state index in [0.717, 1.165) is 13.1 Å². The van der Waals surface area contributed by atoms with Crippen LogP contribution in [0.15, 0.2) is 53.4 Å². The molecule has 0 bridgehead atoms. The molecule has 0 unspecified atom stereocenters. The maximum Gasteiger partial charge on any atom is 0.261 e. The summed E-state index contributed by atoms with van der Waals surface area (Å²) in [5.41, 5.74) is 0.263. The molecule has 0 saturated carbocycles. The van der Waals surface area contributed by atoms with E-state index in [1.54, 1.807) is 4.90 Å². The first kappa shape index (κ1) is 20.1. The maximum absolute atomic E-state index is 12.9. The Morgan fingerprint density at radius 1 is 1.04 bits per heavy atom. The van der Waals surface area contributed by atoms with Gasteiger partial charge in [0.15, 0.2) is 6.61 Å². The lowest BCUT2D eigenvalue weighted by molar-refractivity contribution is -0.134. The summed E-state index contributed by atoms with van der Waals surface area (Å²) in [6, 6.07) is 10.8. The summed E-state index contributed by atoms with van der Waals surface area (Å²) in [5, 5.41) is 0. The molecule has 0 atom stereocenters. The third-order valence-corrected chi connectivity index (χ3v) is 5.85. The number of benzene rings is 2. The molecule has 150 valence electrons. The highest BCUT2D eigenvalue weighted by atomic mass is 32.2. The number of carbonyl (C=O) groups excluding carboxylic acids is 1. The number of ether oxygens (including phenoxy) is 1. The third-order valence-electron chi connectivity index (χ3n) is 4.45. The molecule has 1 aliphatic heterocycles. The molecule has 0 aliphatic carbocycles. The minimum atomic E-state index is -3.80. The van der Waals surface area contributed by atoms with E-state index < -0.39 is 15.8 Å². The Morgan fingerprint density at radius 2 is 1.64 bits per heavy atom. The van der Waals surface area contributed by atoms with E-state index in [1.165, 1.54) is 48.5 Å². The average Bonchev–Trinajstić information content (AvgIpc) is 2.68. The Kier molecular flexibility index (Phi) is 6.15. The van der Waals surface area contributed by atoms with Crippen LogP contribution in [0.3, 0.4) is 0 Å². The molecule has 7 nitrogen and oxygen atoms in total. The first-order valence-electron chi connectivity index (χ1n) is 8.81. The average molecular weight is 407 g/mol. The van der Waals surface area contributed by atoms with Crippen LogP contribution in [0.25, 0.3) is 0 Å². The predicted molar refractivity (Wildman–Crippen MR) is 103 cm³/mol. The number of rotatable bonds is 6. The number of halogens is 1. The lowest BCUT2D eigenvalue weighted by Gasteiger charge is -2.32. The molecular weight excluding hydrogens is 385 g/mol. The van der Waals surface area contributed by atoms with E-state index in [2.05, 4.69) is 9.62 Å². The minimum absolute atomic E-state index is 0.0366. The smallest absolute Gasteiger partial charge is 0.261 e. The topological polar surface area (TPSA) is 79.0 Å². The Labute approximate surface area is 163 Å². The van der Waals surface area contributed by atoms with Crippen molar-refractivity contribution in [3.8, 4) is 5.75 Å². The van der Waals surface area contributed by atoms with Crippen LogP contribution in [0.5, 0.6) is 5.75 Å². The second-order valence-electron chi connectivity index (χ2n) is 6.56. The summed E-state index contributed by atoms with van der Waals surface area (Å²) >= 11 is 0. The number of hydrogen-bond donors (Lipinski definition) is 1. The summed E-state index contributed by atoms with van der Waals surface area (Å²) in [5.74, 6) is -0.137. The van der Waals surface area contributed by atoms with Gasteiger partial charge in [0.05, 0.1) is 4.90 Å². The van der Waals surface area contributed by atoms with E-state index in [-0.39, 0.29) is 23.1 Å². The first-order chi connectivity index (χ1) is 13.3. The Bertz CT molecular complexity index is 909. The van der Waals surface area contributed by atoms with Gasteiger partial charge >= 0.3 is 0 Å². The number of nitrogens with zero attached hydrogens (tertiary/aromatic N) is 2. The molecular formula is C19H22FN3O4S. The van der Waals surface area contributed by atoms with Crippen molar-refractivity contribution in [3.05, 3.63) is 54.3 Å². The van der Waals surface area contributed by atoms with E-state index >= 15 is 0 Å². The van der Waals surface area contributed by atoms with Gasteiger partial charge in [0.25, 0.3) is 15.9 Å². The molecule has 3 rings (SSSR count). The standard InChI is InChI=1S/C19H22FN3O4S/c1-22-10-12-23(13-11-22)19(24)14-27-17-6-8-18(9-7-17)28(25,26)21-16-4-2-15(20)3-5-16/h2-9,21H,10-14H2,1H3. The molecule has 1 aliphatic rings. The zero-order chi connectivity index (χ0) is 20.1. The SMILES string of the molecule is CN1CCN(C(=O)COc2ccc(S(=O)(=O)Nc3ccc(F)cc3)cc2)CC1. The van der Waals surface area contributed by atoms with Crippen molar-refractivity contribution in [2.45, 2.75) is 4.90 Å². The van der Waals surface area contributed by atoms with E-state index in [1.807, 2.05) is 7.05 Å². The number of piperazine rings is 1. The number of likely N-dealkylation sites (N-methyl/N-ethyl adjacent to an activating group) is 1. The Morgan fingerprint density at radius 3 is 2.25 bits per heavy atom. The van der Waals surface area contributed by atoms with Gasteiger partial charge in [-0.15, -0.1) is 0 Å². The maximum atomic E-state index is 12.9. The monoisotopic (exact) mass is 407 g/mol. The van der Waals surface area contributed by atoms with Crippen molar-refractivity contribution in [1.82, 2.24) is 9.80 Å². The van der Waals surface area contributed by atoms with E-state index in [4.69, 9.17) is 4.74 Å². The van der Waals surface area contributed by atoms with Gasteiger partial charge in [0.1, 0.15) is 11.6 Å². The summed E-state index contributed by atoms with van der Waals surface area (Å²) in [6.07, 6.45) is 0. The summed E-state index contributed by atoms with van der Waals surface area (Å²) in [6.45, 7) is 2.91. The Hall–Kier alpha value is -2.65. The van der Waals surface area contributed by atoms with Gasteiger partial charge in [-0.25, -0.2) is 12.8 Å². The van der Waals surface area contributed by atoms with Gasteiger partial charge in [0.2, 0.25) is 0 Å². The molecule has 1 fully saturated rings. The lowest BCUT2D eigenvalue weighted by Crippen LogP contribution is -2.48. The molecule has 1 N–H and O–H groups in total. The fraction of sp³-hybridized carbons (Fsp3) is 0.316. The summed E-state index contributed by atoms with van der Waals surface area (Å²) < 4.78 is 45.6. The van der Waals surface area contributed by atoms with Crippen LogP contribution >= 0.6 is 0 Å². The minimum Gasteiger partial charge on any atom is -0.484 e. The molecule has 0 radical (unpaired) electrons. The third kappa shape index (κ3) is 5.20. The number of nitrogens with one attached hydrogen (secondary N) is 1. The van der Waals surface area contributed by atoms with Gasteiger partial charge < -0.3 is 14.5 Å². The molecule has 2 aromatic rings. The van der Waals surface area contributed by atoms with Crippen LogP contribution in [0, 0.1) is 5.82 Å². The van der Waals surface area contributed by atoms with Gasteiger partial charge in [-0.2, -0.15) is 0 Å². The van der Waals surface area contributed by atoms with Gasteiger partial charge in [-0.05, 0) is 55.6 Å². The van der Waals surface area contributed by atoms with Crippen LogP contribution in [0.1, 0.15) is 0 Å². The van der Waals surface area contributed by atoms with Crippen molar-refractivity contribution < 1.29 is 22.3 Å². The predicted octanol–water partition coefficient (Wildman–Crippen LogP) is 1.78. The highest BCUT2D eigenvalue weighted by Gasteiger charge is 2.19. The largest absolute Gasteiger partial charge is 0.484 e. The highest BCUT2D eigenvalue weighted by Crippen LogP contribution is 2.19. The van der Waals surface area contributed by atoms with E-state index in [9.17, 15) is 17.6 Å². The number of carbonyl (C=O) groups is 1. The van der Waals surface area contributed by atoms with Gasteiger partial charge in [-0.1, -0.05) is 0 Å². The van der Waals surface area contributed by atoms with Crippen molar-refractivity contribution >= 4 is 21.6 Å². The highest BCUT2D eigenvalue weighted by molar-refractivity contribution is 7.92. The summed E-state index contributed by atoms with van der Waals surface area (Å²) in [7, 11) is -1.79. The van der Waals surface area contributed by atoms with Crippen LogP contribution in [-0.2, 0) is 14.8 Å². The first-order valence-corrected chi connectivity index (χ1v) is 10.3.